The smallest absolute Gasteiger partial charge is 0.0400 e. The minimum atomic E-state index is 0.438. The lowest BCUT2D eigenvalue weighted by Gasteiger charge is -2.19. The molecule has 0 aliphatic carbocycles. The van der Waals surface area contributed by atoms with Crippen molar-refractivity contribution >= 4 is 5.69 Å². The topological polar surface area (TPSA) is 24.1 Å². The fraction of sp³-hybridized carbons (Fsp3) is 0.467. The van der Waals surface area contributed by atoms with Gasteiger partial charge in [-0.15, -0.1) is 6.58 Å². The Hall–Kier alpha value is -1.28. The summed E-state index contributed by atoms with van der Waals surface area (Å²) in [6.45, 7) is 11.2. The van der Waals surface area contributed by atoms with Crippen LogP contribution in [0.15, 0.2) is 24.8 Å². The van der Waals surface area contributed by atoms with Crippen LogP contribution in [0.25, 0.3) is 0 Å². The zero-order chi connectivity index (χ0) is 12.8. The van der Waals surface area contributed by atoms with Gasteiger partial charge in [-0.1, -0.05) is 23.8 Å². The molecule has 2 nitrogen and oxygen atoms in total. The van der Waals surface area contributed by atoms with Crippen LogP contribution in [0.1, 0.15) is 23.1 Å². The number of hydrogen-bond donors (Lipinski definition) is 2. The van der Waals surface area contributed by atoms with Crippen molar-refractivity contribution in [2.75, 3.05) is 18.9 Å². The molecule has 0 aliphatic heterocycles. The number of aryl methyl sites for hydroxylation is 3. The minimum absolute atomic E-state index is 0.438. The summed E-state index contributed by atoms with van der Waals surface area (Å²) < 4.78 is 0. The largest absolute Gasteiger partial charge is 0.383 e. The maximum Gasteiger partial charge on any atom is 0.0400 e. The van der Waals surface area contributed by atoms with Gasteiger partial charge in [-0.25, -0.2) is 0 Å². The Morgan fingerprint density at radius 1 is 1.24 bits per heavy atom. The second kappa shape index (κ2) is 6.45. The van der Waals surface area contributed by atoms with Crippen molar-refractivity contribution in [3.8, 4) is 0 Å². The van der Waals surface area contributed by atoms with Gasteiger partial charge in [0.15, 0.2) is 0 Å². The third-order valence-electron chi connectivity index (χ3n) is 3.06. The second-order valence-corrected chi connectivity index (χ2v) is 4.66. The van der Waals surface area contributed by atoms with E-state index in [1.54, 1.807) is 0 Å². The zero-order valence-corrected chi connectivity index (χ0v) is 11.4. The van der Waals surface area contributed by atoms with E-state index >= 15 is 0 Å². The summed E-state index contributed by atoms with van der Waals surface area (Å²) >= 11 is 0. The highest BCUT2D eigenvalue weighted by molar-refractivity contribution is 5.58. The SMILES string of the molecule is C=CCC(CNc1c(C)cc(C)cc1C)NC. The molecular weight excluding hydrogens is 208 g/mol. The molecule has 1 rings (SSSR count). The lowest BCUT2D eigenvalue weighted by atomic mass is 10.0. The Kier molecular flexibility index (Phi) is 5.23. The van der Waals surface area contributed by atoms with Gasteiger partial charge in [0.1, 0.15) is 0 Å². The van der Waals surface area contributed by atoms with E-state index in [0.717, 1.165) is 13.0 Å². The summed E-state index contributed by atoms with van der Waals surface area (Å²) in [7, 11) is 1.99. The molecule has 0 spiro atoms. The van der Waals surface area contributed by atoms with Crippen LogP contribution < -0.4 is 10.6 Å². The Balaban J connectivity index is 2.71. The van der Waals surface area contributed by atoms with Gasteiger partial charge in [-0.3, -0.25) is 0 Å². The number of hydrogen-bond acceptors (Lipinski definition) is 2. The van der Waals surface area contributed by atoms with Gasteiger partial charge >= 0.3 is 0 Å². The molecule has 0 aromatic heterocycles. The van der Waals surface area contributed by atoms with Crippen LogP contribution in [-0.4, -0.2) is 19.6 Å². The lowest BCUT2D eigenvalue weighted by molar-refractivity contribution is 0.593. The maximum absolute atomic E-state index is 3.78. The van der Waals surface area contributed by atoms with Crippen molar-refractivity contribution < 1.29 is 0 Å². The van der Waals surface area contributed by atoms with Gasteiger partial charge in [0.2, 0.25) is 0 Å². The molecule has 1 atom stereocenters. The standard InChI is InChI=1S/C15H24N2/c1-6-7-14(16-5)10-17-15-12(3)8-11(2)9-13(15)4/h6,8-9,14,16-17H,1,7,10H2,2-5H3. The van der Waals surface area contributed by atoms with Gasteiger partial charge in [-0.05, 0) is 45.4 Å². The van der Waals surface area contributed by atoms with Gasteiger partial charge in [0.05, 0.1) is 0 Å². The van der Waals surface area contributed by atoms with Crippen LogP contribution in [0.3, 0.4) is 0 Å². The number of nitrogens with one attached hydrogen (secondary N) is 2. The first kappa shape index (κ1) is 13.8. The summed E-state index contributed by atoms with van der Waals surface area (Å²) in [5.41, 5.74) is 5.22. The van der Waals surface area contributed by atoms with E-state index in [0.29, 0.717) is 6.04 Å². The van der Waals surface area contributed by atoms with Crippen molar-refractivity contribution in [1.29, 1.82) is 0 Å². The molecule has 0 radical (unpaired) electrons. The van der Waals surface area contributed by atoms with Crippen molar-refractivity contribution in [3.05, 3.63) is 41.5 Å². The van der Waals surface area contributed by atoms with E-state index in [1.165, 1.54) is 22.4 Å². The summed E-state index contributed by atoms with van der Waals surface area (Å²) in [5, 5.41) is 6.82. The van der Waals surface area contributed by atoms with Crippen molar-refractivity contribution in [2.45, 2.75) is 33.2 Å². The molecule has 1 unspecified atom stereocenters. The van der Waals surface area contributed by atoms with E-state index in [1.807, 2.05) is 13.1 Å². The molecular formula is C15H24N2. The summed E-state index contributed by atoms with van der Waals surface area (Å²) in [6, 6.07) is 4.88. The fourth-order valence-electron chi connectivity index (χ4n) is 2.19. The normalized spacial score (nSPS) is 12.2. The third-order valence-corrected chi connectivity index (χ3v) is 3.06. The van der Waals surface area contributed by atoms with Crippen LogP contribution in [0, 0.1) is 20.8 Å². The number of rotatable bonds is 6. The summed E-state index contributed by atoms with van der Waals surface area (Å²) in [6.07, 6.45) is 2.94. The van der Waals surface area contributed by atoms with Crippen LogP contribution >= 0.6 is 0 Å². The molecule has 1 aromatic rings. The molecule has 0 amide bonds. The summed E-state index contributed by atoms with van der Waals surface area (Å²) in [4.78, 5) is 0. The molecule has 0 aliphatic rings. The molecule has 0 heterocycles. The van der Waals surface area contributed by atoms with Gasteiger partial charge in [0, 0.05) is 18.3 Å². The first-order valence-electron chi connectivity index (χ1n) is 6.18. The maximum atomic E-state index is 3.78. The molecule has 2 heteroatoms. The predicted molar refractivity (Wildman–Crippen MR) is 76.8 cm³/mol. The Morgan fingerprint density at radius 3 is 2.29 bits per heavy atom. The average molecular weight is 232 g/mol. The lowest BCUT2D eigenvalue weighted by Crippen LogP contribution is -2.32. The van der Waals surface area contributed by atoms with E-state index < -0.39 is 0 Å². The molecule has 17 heavy (non-hydrogen) atoms. The van der Waals surface area contributed by atoms with Crippen molar-refractivity contribution in [3.63, 3.8) is 0 Å². The highest BCUT2D eigenvalue weighted by Gasteiger charge is 2.07. The number of anilines is 1. The number of benzene rings is 1. The Morgan fingerprint density at radius 2 is 1.82 bits per heavy atom. The average Bonchev–Trinajstić information content (AvgIpc) is 2.26. The molecule has 94 valence electrons. The molecule has 0 bridgehead atoms. The molecule has 0 saturated heterocycles. The van der Waals surface area contributed by atoms with Crippen LogP contribution in [0.4, 0.5) is 5.69 Å². The molecule has 2 N–H and O–H groups in total. The first-order chi connectivity index (χ1) is 8.08. The van der Waals surface area contributed by atoms with E-state index in [-0.39, 0.29) is 0 Å². The van der Waals surface area contributed by atoms with E-state index in [2.05, 4.69) is 50.1 Å². The van der Waals surface area contributed by atoms with Crippen molar-refractivity contribution in [1.82, 2.24) is 5.32 Å². The van der Waals surface area contributed by atoms with Crippen LogP contribution in [-0.2, 0) is 0 Å². The zero-order valence-electron chi connectivity index (χ0n) is 11.4. The van der Waals surface area contributed by atoms with Gasteiger partial charge < -0.3 is 10.6 Å². The predicted octanol–water partition coefficient (Wildman–Crippen LogP) is 3.19. The summed E-state index contributed by atoms with van der Waals surface area (Å²) in [5.74, 6) is 0. The number of likely N-dealkylation sites (N-methyl/N-ethyl adjacent to an activating group) is 1. The highest BCUT2D eigenvalue weighted by atomic mass is 15.0. The van der Waals surface area contributed by atoms with E-state index in [4.69, 9.17) is 0 Å². The minimum Gasteiger partial charge on any atom is -0.383 e. The first-order valence-corrected chi connectivity index (χ1v) is 6.18. The van der Waals surface area contributed by atoms with Gasteiger partial charge in [0.25, 0.3) is 0 Å². The second-order valence-electron chi connectivity index (χ2n) is 4.66. The monoisotopic (exact) mass is 232 g/mol. The van der Waals surface area contributed by atoms with Crippen LogP contribution in [0.2, 0.25) is 0 Å². The molecule has 1 aromatic carbocycles. The highest BCUT2D eigenvalue weighted by Crippen LogP contribution is 2.21. The van der Waals surface area contributed by atoms with Gasteiger partial charge in [-0.2, -0.15) is 0 Å². The Bertz CT molecular complexity index is 360. The van der Waals surface area contributed by atoms with Crippen molar-refractivity contribution in [2.24, 2.45) is 0 Å². The molecule has 0 saturated carbocycles. The fourth-order valence-corrected chi connectivity index (χ4v) is 2.19. The quantitative estimate of drug-likeness (QED) is 0.736. The third kappa shape index (κ3) is 3.90. The van der Waals surface area contributed by atoms with E-state index in [9.17, 15) is 0 Å². The Labute approximate surface area is 105 Å². The molecule has 0 fully saturated rings. The van der Waals surface area contributed by atoms with Crippen LogP contribution in [0.5, 0.6) is 0 Å².